The van der Waals surface area contributed by atoms with Crippen molar-refractivity contribution in [1.82, 2.24) is 14.9 Å². The second-order valence-electron chi connectivity index (χ2n) is 5.65. The first kappa shape index (κ1) is 18.4. The summed E-state index contributed by atoms with van der Waals surface area (Å²) in [6.45, 7) is 1.93. The summed E-state index contributed by atoms with van der Waals surface area (Å²) in [4.78, 5) is 36.4. The lowest BCUT2D eigenvalue weighted by atomic mass is 10.2. The number of carbonyl (C=O) groups is 2. The molecule has 9 heteroatoms. The number of benzene rings is 1. The Morgan fingerprint density at radius 1 is 1.00 bits per heavy atom. The van der Waals surface area contributed by atoms with Crippen LogP contribution < -0.4 is 4.90 Å². The third-order valence-electron chi connectivity index (χ3n) is 3.89. The van der Waals surface area contributed by atoms with Crippen LogP contribution in [0.25, 0.3) is 0 Å². The number of ether oxygens (including phenoxy) is 1. The van der Waals surface area contributed by atoms with Crippen LogP contribution in [0.4, 0.5) is 5.95 Å². The quantitative estimate of drug-likeness (QED) is 0.740. The van der Waals surface area contributed by atoms with Crippen LogP contribution in [-0.2, 0) is 9.53 Å². The molecule has 0 unspecified atom stereocenters. The van der Waals surface area contributed by atoms with Crippen molar-refractivity contribution in [2.45, 2.75) is 0 Å². The molecule has 1 amide bonds. The molecule has 0 spiro atoms. The van der Waals surface area contributed by atoms with Crippen LogP contribution >= 0.6 is 23.2 Å². The van der Waals surface area contributed by atoms with E-state index in [0.717, 1.165) is 0 Å². The number of hydrogen-bond acceptors (Lipinski definition) is 6. The number of amides is 1. The predicted octanol–water partition coefficient (Wildman–Crippen LogP) is 2.29. The Balaban J connectivity index is 1.49. The number of hydrogen-bond donors (Lipinski definition) is 0. The maximum atomic E-state index is 12.3. The maximum Gasteiger partial charge on any atom is 0.338 e. The number of piperazine rings is 1. The Bertz CT molecular complexity index is 776. The lowest BCUT2D eigenvalue weighted by Gasteiger charge is -2.34. The smallest absolute Gasteiger partial charge is 0.338 e. The Kier molecular flexibility index (Phi) is 5.90. The minimum Gasteiger partial charge on any atom is -0.452 e. The van der Waals surface area contributed by atoms with Gasteiger partial charge in [-0.2, -0.15) is 0 Å². The van der Waals surface area contributed by atoms with Gasteiger partial charge in [-0.25, -0.2) is 14.8 Å². The topological polar surface area (TPSA) is 75.6 Å². The van der Waals surface area contributed by atoms with Gasteiger partial charge in [0.2, 0.25) is 5.95 Å². The first-order valence-electron chi connectivity index (χ1n) is 7.96. The van der Waals surface area contributed by atoms with Crippen LogP contribution in [0, 0.1) is 0 Å². The van der Waals surface area contributed by atoms with Crippen molar-refractivity contribution in [1.29, 1.82) is 0 Å². The van der Waals surface area contributed by atoms with Gasteiger partial charge in [0.25, 0.3) is 5.91 Å². The predicted molar refractivity (Wildman–Crippen MR) is 97.6 cm³/mol. The summed E-state index contributed by atoms with van der Waals surface area (Å²) in [5.74, 6) is -0.247. The molecule has 0 atom stereocenters. The van der Waals surface area contributed by atoms with Crippen LogP contribution in [0.1, 0.15) is 10.4 Å². The summed E-state index contributed by atoms with van der Waals surface area (Å²) in [7, 11) is 0. The molecule has 2 aromatic rings. The van der Waals surface area contributed by atoms with Crippen molar-refractivity contribution in [3.63, 3.8) is 0 Å². The molecular weight excluding hydrogens is 379 g/mol. The van der Waals surface area contributed by atoms with Crippen molar-refractivity contribution in [3.05, 3.63) is 52.3 Å². The van der Waals surface area contributed by atoms with Gasteiger partial charge in [0.05, 0.1) is 5.56 Å². The van der Waals surface area contributed by atoms with Crippen LogP contribution in [0.2, 0.25) is 10.0 Å². The van der Waals surface area contributed by atoms with Crippen molar-refractivity contribution in [2.75, 3.05) is 37.7 Å². The van der Waals surface area contributed by atoms with Gasteiger partial charge in [-0.05, 0) is 24.3 Å². The number of carbonyl (C=O) groups excluding carboxylic acids is 2. The van der Waals surface area contributed by atoms with Gasteiger partial charge in [-0.15, -0.1) is 0 Å². The van der Waals surface area contributed by atoms with Gasteiger partial charge in [-0.3, -0.25) is 4.79 Å². The largest absolute Gasteiger partial charge is 0.452 e. The van der Waals surface area contributed by atoms with Crippen molar-refractivity contribution in [3.8, 4) is 0 Å². The lowest BCUT2D eigenvalue weighted by Crippen LogP contribution is -2.50. The third-order valence-corrected chi connectivity index (χ3v) is 4.33. The van der Waals surface area contributed by atoms with Crippen molar-refractivity contribution < 1.29 is 14.3 Å². The summed E-state index contributed by atoms with van der Waals surface area (Å²) in [6, 6.07) is 6.16. The zero-order chi connectivity index (χ0) is 18.5. The van der Waals surface area contributed by atoms with Crippen LogP contribution in [0.3, 0.4) is 0 Å². The summed E-state index contributed by atoms with van der Waals surface area (Å²) >= 11 is 11.7. The maximum absolute atomic E-state index is 12.3. The molecule has 3 rings (SSSR count). The molecule has 1 aliphatic heterocycles. The Morgan fingerprint density at radius 3 is 2.23 bits per heavy atom. The number of halogens is 2. The van der Waals surface area contributed by atoms with Crippen molar-refractivity contribution in [2.24, 2.45) is 0 Å². The highest BCUT2D eigenvalue weighted by Crippen LogP contribution is 2.19. The summed E-state index contributed by atoms with van der Waals surface area (Å²) in [5, 5.41) is 0.657. The van der Waals surface area contributed by atoms with E-state index in [1.807, 2.05) is 4.90 Å². The molecule has 1 aromatic carbocycles. The van der Waals surface area contributed by atoms with E-state index in [1.54, 1.807) is 23.4 Å². The highest BCUT2D eigenvalue weighted by molar-refractivity contribution is 6.35. The van der Waals surface area contributed by atoms with E-state index in [0.29, 0.717) is 42.2 Å². The fourth-order valence-electron chi connectivity index (χ4n) is 2.58. The van der Waals surface area contributed by atoms with E-state index in [1.165, 1.54) is 18.2 Å². The minimum atomic E-state index is -0.640. The molecular formula is C17H16Cl2N4O3. The first-order chi connectivity index (χ1) is 12.5. The van der Waals surface area contributed by atoms with Gasteiger partial charge in [0.15, 0.2) is 6.61 Å². The molecule has 0 saturated carbocycles. The number of aromatic nitrogens is 2. The van der Waals surface area contributed by atoms with Gasteiger partial charge in [0, 0.05) is 48.6 Å². The molecule has 2 heterocycles. The Morgan fingerprint density at radius 2 is 1.62 bits per heavy atom. The molecule has 136 valence electrons. The molecule has 0 bridgehead atoms. The monoisotopic (exact) mass is 394 g/mol. The lowest BCUT2D eigenvalue weighted by molar-refractivity contribution is -0.134. The number of nitrogens with zero attached hydrogens (tertiary/aromatic N) is 4. The second-order valence-corrected chi connectivity index (χ2v) is 6.52. The van der Waals surface area contributed by atoms with Gasteiger partial charge >= 0.3 is 5.97 Å². The van der Waals surface area contributed by atoms with E-state index >= 15 is 0 Å². The van der Waals surface area contributed by atoms with E-state index in [9.17, 15) is 9.59 Å². The average Bonchev–Trinajstić information content (AvgIpc) is 2.66. The fourth-order valence-corrected chi connectivity index (χ4v) is 3.11. The molecule has 26 heavy (non-hydrogen) atoms. The summed E-state index contributed by atoms with van der Waals surface area (Å²) in [5.41, 5.74) is 0.210. The third kappa shape index (κ3) is 4.62. The van der Waals surface area contributed by atoms with E-state index in [4.69, 9.17) is 27.9 Å². The number of esters is 1. The number of anilines is 1. The zero-order valence-electron chi connectivity index (χ0n) is 13.8. The van der Waals surface area contributed by atoms with Gasteiger partial charge in [-0.1, -0.05) is 23.2 Å². The van der Waals surface area contributed by atoms with Crippen LogP contribution in [-0.4, -0.2) is 59.5 Å². The molecule has 0 N–H and O–H groups in total. The minimum absolute atomic E-state index is 0.210. The summed E-state index contributed by atoms with van der Waals surface area (Å²) in [6.07, 6.45) is 3.36. The molecule has 0 radical (unpaired) electrons. The standard InChI is InChI=1S/C17H16Cl2N4O3/c18-13-8-12(9-14(19)10-13)16(25)26-11-15(24)22-4-6-23(7-5-22)17-20-2-1-3-21-17/h1-3,8-10H,4-7,11H2. The molecule has 0 aliphatic carbocycles. The average molecular weight is 395 g/mol. The second kappa shape index (κ2) is 8.33. The highest BCUT2D eigenvalue weighted by Gasteiger charge is 2.23. The normalized spacial score (nSPS) is 14.2. The summed E-state index contributed by atoms with van der Waals surface area (Å²) < 4.78 is 5.08. The van der Waals surface area contributed by atoms with Gasteiger partial charge < -0.3 is 14.5 Å². The van der Waals surface area contributed by atoms with Gasteiger partial charge in [0.1, 0.15) is 0 Å². The van der Waals surface area contributed by atoms with E-state index in [-0.39, 0.29) is 18.1 Å². The number of rotatable bonds is 4. The SMILES string of the molecule is O=C(OCC(=O)N1CCN(c2ncccn2)CC1)c1cc(Cl)cc(Cl)c1. The molecule has 1 fully saturated rings. The first-order valence-corrected chi connectivity index (χ1v) is 8.71. The molecule has 1 saturated heterocycles. The molecule has 1 aliphatic rings. The van der Waals surface area contributed by atoms with Crippen LogP contribution in [0.5, 0.6) is 0 Å². The Hall–Kier alpha value is -2.38. The van der Waals surface area contributed by atoms with E-state index < -0.39 is 5.97 Å². The highest BCUT2D eigenvalue weighted by atomic mass is 35.5. The van der Waals surface area contributed by atoms with E-state index in [2.05, 4.69) is 9.97 Å². The Labute approximate surface area is 160 Å². The zero-order valence-corrected chi connectivity index (χ0v) is 15.3. The van der Waals surface area contributed by atoms with Crippen LogP contribution in [0.15, 0.2) is 36.7 Å². The van der Waals surface area contributed by atoms with Crippen molar-refractivity contribution >= 4 is 41.0 Å². The molecule has 7 nitrogen and oxygen atoms in total. The fraction of sp³-hybridized carbons (Fsp3) is 0.294. The molecule has 1 aromatic heterocycles.